The van der Waals surface area contributed by atoms with Crippen LogP contribution in [0, 0.1) is 0 Å². The highest BCUT2D eigenvalue weighted by atomic mass is 35.5. The molecule has 1 atom stereocenters. The Bertz CT molecular complexity index is 589. The van der Waals surface area contributed by atoms with Crippen molar-refractivity contribution in [1.29, 1.82) is 0 Å². The van der Waals surface area contributed by atoms with Gasteiger partial charge in [0.1, 0.15) is 5.75 Å². The molecule has 2 rings (SSSR count). The molecule has 0 bridgehead atoms. The van der Waals surface area contributed by atoms with Crippen molar-refractivity contribution in [2.24, 2.45) is 5.73 Å². The van der Waals surface area contributed by atoms with Crippen LogP contribution in [-0.2, 0) is 0 Å². The van der Waals surface area contributed by atoms with Gasteiger partial charge in [-0.15, -0.1) is 11.8 Å². The van der Waals surface area contributed by atoms with E-state index in [4.69, 9.17) is 22.1 Å². The molecule has 0 saturated carbocycles. The Labute approximate surface area is 135 Å². The van der Waals surface area contributed by atoms with Crippen LogP contribution in [0.3, 0.4) is 0 Å². The van der Waals surface area contributed by atoms with Gasteiger partial charge in [-0.1, -0.05) is 35.9 Å². The first kappa shape index (κ1) is 16.2. The van der Waals surface area contributed by atoms with Crippen molar-refractivity contribution in [3.05, 3.63) is 59.1 Å². The van der Waals surface area contributed by atoms with Gasteiger partial charge in [0.15, 0.2) is 0 Å². The molecule has 2 N–H and O–H groups in total. The van der Waals surface area contributed by atoms with Gasteiger partial charge in [-0.25, -0.2) is 0 Å². The first-order chi connectivity index (χ1) is 10.1. The van der Waals surface area contributed by atoms with E-state index in [0.29, 0.717) is 0 Å². The third-order valence-electron chi connectivity index (χ3n) is 2.91. The van der Waals surface area contributed by atoms with Crippen LogP contribution >= 0.6 is 23.4 Å². The second-order valence-corrected chi connectivity index (χ2v) is 6.56. The second kappa shape index (κ2) is 7.74. The van der Waals surface area contributed by atoms with Crippen molar-refractivity contribution in [3.63, 3.8) is 0 Å². The normalized spacial score (nSPS) is 12.4. The number of thioether (sulfide) groups is 1. The highest BCUT2D eigenvalue weighted by Gasteiger charge is 2.09. The SMILES string of the molecule is CC(C)Oc1cccc(C(N)CSc2ccccc2Cl)c1. The lowest BCUT2D eigenvalue weighted by molar-refractivity contribution is 0.242. The lowest BCUT2D eigenvalue weighted by atomic mass is 10.1. The standard InChI is InChI=1S/C17H20ClNOS/c1-12(2)20-14-7-5-6-13(10-14)16(19)11-21-17-9-4-3-8-15(17)18/h3-10,12,16H,11,19H2,1-2H3. The molecule has 2 aromatic rings. The lowest BCUT2D eigenvalue weighted by Crippen LogP contribution is -2.13. The van der Waals surface area contributed by atoms with Crippen molar-refractivity contribution in [2.75, 3.05) is 5.75 Å². The fraction of sp³-hybridized carbons (Fsp3) is 0.294. The Morgan fingerprint density at radius 3 is 2.62 bits per heavy atom. The molecule has 4 heteroatoms. The average molecular weight is 322 g/mol. The Kier molecular flexibility index (Phi) is 5.97. The highest BCUT2D eigenvalue weighted by molar-refractivity contribution is 7.99. The Morgan fingerprint density at radius 2 is 1.90 bits per heavy atom. The van der Waals surface area contributed by atoms with E-state index in [-0.39, 0.29) is 12.1 Å². The third kappa shape index (κ3) is 4.95. The molecule has 21 heavy (non-hydrogen) atoms. The van der Waals surface area contributed by atoms with Gasteiger partial charge in [0, 0.05) is 16.7 Å². The van der Waals surface area contributed by atoms with Crippen molar-refractivity contribution in [3.8, 4) is 5.75 Å². The van der Waals surface area contributed by atoms with Crippen molar-refractivity contribution >= 4 is 23.4 Å². The summed E-state index contributed by atoms with van der Waals surface area (Å²) in [5.41, 5.74) is 7.35. The highest BCUT2D eigenvalue weighted by Crippen LogP contribution is 2.30. The first-order valence-electron chi connectivity index (χ1n) is 6.96. The predicted octanol–water partition coefficient (Wildman–Crippen LogP) is 4.92. The van der Waals surface area contributed by atoms with Gasteiger partial charge in [0.25, 0.3) is 0 Å². The molecule has 0 fully saturated rings. The summed E-state index contributed by atoms with van der Waals surface area (Å²) >= 11 is 7.83. The molecular weight excluding hydrogens is 302 g/mol. The zero-order chi connectivity index (χ0) is 15.2. The van der Waals surface area contributed by atoms with Crippen LogP contribution in [-0.4, -0.2) is 11.9 Å². The Balaban J connectivity index is 2.00. The van der Waals surface area contributed by atoms with Crippen LogP contribution in [0.4, 0.5) is 0 Å². The average Bonchev–Trinajstić information content (AvgIpc) is 2.45. The molecular formula is C17H20ClNOS. The van der Waals surface area contributed by atoms with E-state index >= 15 is 0 Å². The number of hydrogen-bond acceptors (Lipinski definition) is 3. The summed E-state index contributed by atoms with van der Waals surface area (Å²) in [6.45, 7) is 4.03. The van der Waals surface area contributed by atoms with E-state index in [2.05, 4.69) is 0 Å². The molecule has 0 radical (unpaired) electrons. The lowest BCUT2D eigenvalue weighted by Gasteiger charge is -2.15. The van der Waals surface area contributed by atoms with Crippen LogP contribution in [0.2, 0.25) is 5.02 Å². The molecule has 112 valence electrons. The van der Waals surface area contributed by atoms with E-state index in [1.165, 1.54) is 0 Å². The summed E-state index contributed by atoms with van der Waals surface area (Å²) in [4.78, 5) is 1.06. The zero-order valence-corrected chi connectivity index (χ0v) is 13.8. The summed E-state index contributed by atoms with van der Waals surface area (Å²) in [5.74, 6) is 1.63. The topological polar surface area (TPSA) is 35.2 Å². The van der Waals surface area contributed by atoms with Crippen molar-refractivity contribution in [2.45, 2.75) is 30.9 Å². The third-order valence-corrected chi connectivity index (χ3v) is 4.55. The largest absolute Gasteiger partial charge is 0.491 e. The minimum absolute atomic E-state index is 0.0537. The smallest absolute Gasteiger partial charge is 0.120 e. The summed E-state index contributed by atoms with van der Waals surface area (Å²) < 4.78 is 5.70. The van der Waals surface area contributed by atoms with E-state index in [0.717, 1.165) is 27.0 Å². The van der Waals surface area contributed by atoms with Crippen molar-refractivity contribution in [1.82, 2.24) is 0 Å². The van der Waals surface area contributed by atoms with E-state index in [1.807, 2.05) is 62.4 Å². The molecule has 2 aromatic carbocycles. The summed E-state index contributed by atoms with van der Waals surface area (Å²) in [7, 11) is 0. The van der Waals surface area contributed by atoms with Crippen molar-refractivity contribution < 1.29 is 4.74 Å². The minimum atomic E-state index is -0.0537. The van der Waals surface area contributed by atoms with Crippen LogP contribution in [0.5, 0.6) is 5.75 Å². The molecule has 0 aromatic heterocycles. The molecule has 0 saturated heterocycles. The second-order valence-electron chi connectivity index (χ2n) is 5.09. The molecule has 2 nitrogen and oxygen atoms in total. The molecule has 0 aliphatic rings. The molecule has 0 aliphatic heterocycles. The fourth-order valence-electron chi connectivity index (χ4n) is 1.93. The quantitative estimate of drug-likeness (QED) is 0.767. The van der Waals surface area contributed by atoms with Crippen LogP contribution in [0.1, 0.15) is 25.5 Å². The molecule has 0 amide bonds. The Morgan fingerprint density at radius 1 is 1.14 bits per heavy atom. The predicted molar refractivity (Wildman–Crippen MR) is 91.3 cm³/mol. The van der Waals surface area contributed by atoms with Gasteiger partial charge in [-0.05, 0) is 43.7 Å². The maximum atomic E-state index is 6.27. The number of nitrogens with two attached hydrogens (primary N) is 1. The summed E-state index contributed by atoms with van der Waals surface area (Å²) in [6, 6.07) is 15.7. The monoisotopic (exact) mass is 321 g/mol. The van der Waals surface area contributed by atoms with E-state index < -0.39 is 0 Å². The van der Waals surface area contributed by atoms with Crippen LogP contribution in [0.25, 0.3) is 0 Å². The summed E-state index contributed by atoms with van der Waals surface area (Å²) in [6.07, 6.45) is 0.161. The van der Waals surface area contributed by atoms with Gasteiger partial charge >= 0.3 is 0 Å². The van der Waals surface area contributed by atoms with Crippen LogP contribution < -0.4 is 10.5 Å². The molecule has 1 unspecified atom stereocenters. The summed E-state index contributed by atoms with van der Waals surface area (Å²) in [5, 5.41) is 0.770. The van der Waals surface area contributed by atoms with Gasteiger partial charge in [0.05, 0.1) is 11.1 Å². The molecule has 0 spiro atoms. The maximum Gasteiger partial charge on any atom is 0.120 e. The maximum absolute atomic E-state index is 6.27. The number of halogens is 1. The molecule has 0 aliphatic carbocycles. The fourth-order valence-corrected chi connectivity index (χ4v) is 3.16. The first-order valence-corrected chi connectivity index (χ1v) is 8.32. The number of rotatable bonds is 6. The number of ether oxygens (including phenoxy) is 1. The van der Waals surface area contributed by atoms with Gasteiger partial charge in [-0.2, -0.15) is 0 Å². The van der Waals surface area contributed by atoms with Gasteiger partial charge in [-0.3, -0.25) is 0 Å². The number of benzene rings is 2. The number of hydrogen-bond donors (Lipinski definition) is 1. The minimum Gasteiger partial charge on any atom is -0.491 e. The van der Waals surface area contributed by atoms with Gasteiger partial charge in [0.2, 0.25) is 0 Å². The van der Waals surface area contributed by atoms with Gasteiger partial charge < -0.3 is 10.5 Å². The Hall–Kier alpha value is -1.16. The molecule has 0 heterocycles. The van der Waals surface area contributed by atoms with E-state index in [1.54, 1.807) is 11.8 Å². The van der Waals surface area contributed by atoms with E-state index in [9.17, 15) is 0 Å². The zero-order valence-electron chi connectivity index (χ0n) is 12.3. The van der Waals surface area contributed by atoms with Crippen LogP contribution in [0.15, 0.2) is 53.4 Å².